The van der Waals surface area contributed by atoms with E-state index in [4.69, 9.17) is 9.26 Å². The zero-order valence-corrected chi connectivity index (χ0v) is 13.0. The molecule has 122 valence electrons. The molecule has 2 aromatic heterocycles. The molecule has 8 nitrogen and oxygen atoms in total. The fourth-order valence-corrected chi connectivity index (χ4v) is 2.30. The van der Waals surface area contributed by atoms with Crippen molar-refractivity contribution in [3.63, 3.8) is 0 Å². The van der Waals surface area contributed by atoms with E-state index in [0.29, 0.717) is 11.7 Å². The van der Waals surface area contributed by atoms with Gasteiger partial charge in [0.2, 0.25) is 11.7 Å². The SMILES string of the molecule is CN1CCN(C(=O)COCc2nc(-c3ccncc3)no2)CC1. The number of rotatable bonds is 5. The number of aromatic nitrogens is 3. The third-order valence-electron chi connectivity index (χ3n) is 3.71. The van der Waals surface area contributed by atoms with Gasteiger partial charge in [-0.3, -0.25) is 9.78 Å². The summed E-state index contributed by atoms with van der Waals surface area (Å²) in [6.45, 7) is 3.42. The molecule has 0 aromatic carbocycles. The Labute approximate surface area is 134 Å². The maximum absolute atomic E-state index is 12.0. The molecule has 0 N–H and O–H groups in total. The second-order valence-corrected chi connectivity index (χ2v) is 5.42. The molecule has 2 aromatic rings. The Balaban J connectivity index is 1.46. The standard InChI is InChI=1S/C15H19N5O3/c1-19-6-8-20(9-7-19)14(21)11-22-10-13-17-15(18-23-13)12-2-4-16-5-3-12/h2-5H,6-11H2,1H3. The maximum atomic E-state index is 12.0. The molecule has 8 heteroatoms. The normalized spacial score (nSPS) is 15.8. The van der Waals surface area contributed by atoms with Crippen LogP contribution in [0.4, 0.5) is 0 Å². The lowest BCUT2D eigenvalue weighted by atomic mass is 10.2. The highest BCUT2D eigenvalue weighted by molar-refractivity contribution is 5.77. The van der Waals surface area contributed by atoms with Crippen LogP contribution < -0.4 is 0 Å². The Morgan fingerprint density at radius 1 is 1.26 bits per heavy atom. The third kappa shape index (κ3) is 4.11. The van der Waals surface area contributed by atoms with Crippen LogP contribution in [0.15, 0.2) is 29.0 Å². The number of likely N-dealkylation sites (N-methyl/N-ethyl adjacent to an activating group) is 1. The van der Waals surface area contributed by atoms with Crippen LogP contribution in [-0.4, -0.2) is 70.7 Å². The average molecular weight is 317 g/mol. The molecule has 3 rings (SSSR count). The molecule has 0 saturated carbocycles. The summed E-state index contributed by atoms with van der Waals surface area (Å²) in [5.74, 6) is 0.825. The lowest BCUT2D eigenvalue weighted by Gasteiger charge is -2.32. The van der Waals surface area contributed by atoms with Crippen molar-refractivity contribution in [3.05, 3.63) is 30.4 Å². The van der Waals surface area contributed by atoms with Crippen molar-refractivity contribution in [1.29, 1.82) is 0 Å². The number of hydrogen-bond donors (Lipinski definition) is 0. The summed E-state index contributed by atoms with van der Waals surface area (Å²) in [4.78, 5) is 24.2. The van der Waals surface area contributed by atoms with E-state index in [2.05, 4.69) is 20.0 Å². The van der Waals surface area contributed by atoms with Gasteiger partial charge in [-0.05, 0) is 19.2 Å². The van der Waals surface area contributed by atoms with Crippen LogP contribution in [0.25, 0.3) is 11.4 Å². The molecule has 0 bridgehead atoms. The molecule has 1 aliphatic rings. The van der Waals surface area contributed by atoms with E-state index in [1.54, 1.807) is 24.5 Å². The summed E-state index contributed by atoms with van der Waals surface area (Å²) in [7, 11) is 2.05. The van der Waals surface area contributed by atoms with Gasteiger partial charge in [-0.15, -0.1) is 0 Å². The number of carbonyl (C=O) groups is 1. The lowest BCUT2D eigenvalue weighted by molar-refractivity contribution is -0.138. The van der Waals surface area contributed by atoms with Crippen LogP contribution in [-0.2, 0) is 16.1 Å². The van der Waals surface area contributed by atoms with Gasteiger partial charge < -0.3 is 19.1 Å². The van der Waals surface area contributed by atoms with Crippen molar-refractivity contribution in [2.45, 2.75) is 6.61 Å². The Morgan fingerprint density at radius 2 is 2.00 bits per heavy atom. The van der Waals surface area contributed by atoms with Crippen molar-refractivity contribution in [3.8, 4) is 11.4 Å². The summed E-state index contributed by atoms with van der Waals surface area (Å²) < 4.78 is 10.5. The van der Waals surface area contributed by atoms with E-state index in [1.807, 2.05) is 11.9 Å². The third-order valence-corrected chi connectivity index (χ3v) is 3.71. The van der Waals surface area contributed by atoms with Crippen LogP contribution in [0.5, 0.6) is 0 Å². The number of pyridine rings is 1. The first kappa shape index (κ1) is 15.6. The Morgan fingerprint density at radius 3 is 2.74 bits per heavy atom. The topological polar surface area (TPSA) is 84.6 Å². The van der Waals surface area contributed by atoms with Gasteiger partial charge in [0.05, 0.1) is 0 Å². The first-order chi connectivity index (χ1) is 11.2. The van der Waals surface area contributed by atoms with Crippen molar-refractivity contribution in [1.82, 2.24) is 24.9 Å². The second kappa shape index (κ2) is 7.30. The van der Waals surface area contributed by atoms with Crippen molar-refractivity contribution >= 4 is 5.91 Å². The van der Waals surface area contributed by atoms with Crippen molar-refractivity contribution < 1.29 is 14.1 Å². The molecular weight excluding hydrogens is 298 g/mol. The molecule has 1 amide bonds. The zero-order chi connectivity index (χ0) is 16.1. The number of hydrogen-bond acceptors (Lipinski definition) is 7. The second-order valence-electron chi connectivity index (χ2n) is 5.42. The average Bonchev–Trinajstić information content (AvgIpc) is 3.05. The molecule has 1 aliphatic heterocycles. The van der Waals surface area contributed by atoms with Crippen LogP contribution in [0.3, 0.4) is 0 Å². The summed E-state index contributed by atoms with van der Waals surface area (Å²) in [5, 5.41) is 3.89. The molecule has 1 saturated heterocycles. The monoisotopic (exact) mass is 317 g/mol. The van der Waals surface area contributed by atoms with Crippen LogP contribution in [0, 0.1) is 0 Å². The Hall–Kier alpha value is -2.32. The zero-order valence-electron chi connectivity index (χ0n) is 13.0. The van der Waals surface area contributed by atoms with Gasteiger partial charge in [0.15, 0.2) is 0 Å². The van der Waals surface area contributed by atoms with Gasteiger partial charge in [0.25, 0.3) is 5.89 Å². The van der Waals surface area contributed by atoms with Crippen molar-refractivity contribution in [2.24, 2.45) is 0 Å². The summed E-state index contributed by atoms with van der Waals surface area (Å²) in [6.07, 6.45) is 3.33. The highest BCUT2D eigenvalue weighted by atomic mass is 16.5. The molecule has 0 spiro atoms. The molecule has 23 heavy (non-hydrogen) atoms. The Kier molecular flexibility index (Phi) is 4.94. The van der Waals surface area contributed by atoms with Gasteiger partial charge in [0, 0.05) is 44.1 Å². The molecule has 0 aliphatic carbocycles. The number of piperazine rings is 1. The number of ether oxygens (including phenoxy) is 1. The molecule has 0 unspecified atom stereocenters. The molecular formula is C15H19N5O3. The highest BCUT2D eigenvalue weighted by Crippen LogP contribution is 2.14. The minimum atomic E-state index is -0.00743. The van der Waals surface area contributed by atoms with Gasteiger partial charge in [-0.25, -0.2) is 0 Å². The minimum absolute atomic E-state index is 0.00743. The van der Waals surface area contributed by atoms with Gasteiger partial charge >= 0.3 is 0 Å². The summed E-state index contributed by atoms with van der Waals surface area (Å²) in [5.41, 5.74) is 0.823. The van der Waals surface area contributed by atoms with E-state index in [0.717, 1.165) is 31.7 Å². The van der Waals surface area contributed by atoms with Gasteiger partial charge in [0.1, 0.15) is 13.2 Å². The summed E-state index contributed by atoms with van der Waals surface area (Å²) >= 11 is 0. The maximum Gasteiger partial charge on any atom is 0.252 e. The number of nitrogens with zero attached hydrogens (tertiary/aromatic N) is 5. The predicted molar refractivity (Wildman–Crippen MR) is 81.3 cm³/mol. The van der Waals surface area contributed by atoms with Gasteiger partial charge in [-0.1, -0.05) is 5.16 Å². The van der Waals surface area contributed by atoms with E-state index in [-0.39, 0.29) is 19.1 Å². The Bertz CT molecular complexity index is 638. The smallest absolute Gasteiger partial charge is 0.252 e. The number of amides is 1. The van der Waals surface area contributed by atoms with Crippen molar-refractivity contribution in [2.75, 3.05) is 39.8 Å². The first-order valence-electron chi connectivity index (χ1n) is 7.49. The van der Waals surface area contributed by atoms with Gasteiger partial charge in [-0.2, -0.15) is 4.98 Å². The molecule has 0 atom stereocenters. The fourth-order valence-electron chi connectivity index (χ4n) is 2.30. The summed E-state index contributed by atoms with van der Waals surface area (Å²) in [6, 6.07) is 3.60. The molecule has 1 fully saturated rings. The van der Waals surface area contributed by atoms with E-state index in [1.165, 1.54) is 0 Å². The molecule has 3 heterocycles. The van der Waals surface area contributed by atoms with E-state index in [9.17, 15) is 4.79 Å². The lowest BCUT2D eigenvalue weighted by Crippen LogP contribution is -2.48. The highest BCUT2D eigenvalue weighted by Gasteiger charge is 2.19. The van der Waals surface area contributed by atoms with E-state index < -0.39 is 0 Å². The van der Waals surface area contributed by atoms with Crippen LogP contribution in [0.2, 0.25) is 0 Å². The minimum Gasteiger partial charge on any atom is -0.362 e. The quantitative estimate of drug-likeness (QED) is 0.790. The first-order valence-corrected chi connectivity index (χ1v) is 7.49. The fraction of sp³-hybridized carbons (Fsp3) is 0.467. The van der Waals surface area contributed by atoms with Crippen LogP contribution in [0.1, 0.15) is 5.89 Å². The van der Waals surface area contributed by atoms with Crippen LogP contribution >= 0.6 is 0 Å². The van der Waals surface area contributed by atoms with E-state index >= 15 is 0 Å². The largest absolute Gasteiger partial charge is 0.362 e. The predicted octanol–water partition coefficient (Wildman–Crippen LogP) is 0.422. The molecule has 0 radical (unpaired) electrons. The number of carbonyl (C=O) groups excluding carboxylic acids is 1.